The SMILES string of the molecule is Oc1ccc(Br)cc1/C=N/NC(=S)NC1CN2CCC1CC2. The standard InChI is InChI=1S/C15H19BrN4OS/c16-12-1-2-14(21)11(7-12)8-17-19-15(22)18-13-9-20-5-3-10(13)4-6-20/h1-2,7-8,10,13,21H,3-6,9H2,(H2,18,19,22)/b17-8+. The number of rotatable bonds is 3. The van der Waals surface area contributed by atoms with Gasteiger partial charge in [0, 0.05) is 22.6 Å². The molecule has 0 radical (unpaired) electrons. The molecule has 0 spiro atoms. The quantitative estimate of drug-likeness (QED) is 0.424. The van der Waals surface area contributed by atoms with E-state index in [-0.39, 0.29) is 5.75 Å². The Morgan fingerprint density at radius 2 is 2.18 bits per heavy atom. The highest BCUT2D eigenvalue weighted by atomic mass is 79.9. The second-order valence-electron chi connectivity index (χ2n) is 5.79. The maximum atomic E-state index is 9.74. The van der Waals surface area contributed by atoms with Crippen molar-refractivity contribution in [1.82, 2.24) is 15.6 Å². The number of aromatic hydroxyl groups is 1. The third kappa shape index (κ3) is 3.77. The fourth-order valence-electron chi connectivity index (χ4n) is 3.12. The molecule has 1 aromatic rings. The van der Waals surface area contributed by atoms with Crippen molar-refractivity contribution in [3.05, 3.63) is 28.2 Å². The maximum Gasteiger partial charge on any atom is 0.187 e. The Balaban J connectivity index is 1.52. The maximum absolute atomic E-state index is 9.74. The average molecular weight is 383 g/mol. The van der Waals surface area contributed by atoms with Crippen LogP contribution in [-0.4, -0.2) is 47.0 Å². The first-order valence-electron chi connectivity index (χ1n) is 7.42. The molecule has 0 aliphatic carbocycles. The van der Waals surface area contributed by atoms with Crippen molar-refractivity contribution in [2.24, 2.45) is 11.0 Å². The largest absolute Gasteiger partial charge is 0.507 e. The molecule has 3 aliphatic rings. The number of hydrogen-bond donors (Lipinski definition) is 3. The van der Waals surface area contributed by atoms with Crippen LogP contribution in [0.25, 0.3) is 0 Å². The Hall–Kier alpha value is -1.18. The first-order valence-corrected chi connectivity index (χ1v) is 8.62. The molecule has 3 saturated heterocycles. The molecular weight excluding hydrogens is 364 g/mol. The van der Waals surface area contributed by atoms with Gasteiger partial charge in [-0.1, -0.05) is 15.9 Å². The summed E-state index contributed by atoms with van der Waals surface area (Å²) in [5.74, 6) is 0.896. The van der Waals surface area contributed by atoms with Crippen LogP contribution < -0.4 is 10.7 Å². The lowest BCUT2D eigenvalue weighted by molar-refractivity contribution is 0.0812. The highest BCUT2D eigenvalue weighted by molar-refractivity contribution is 9.10. The molecule has 7 heteroatoms. The fourth-order valence-corrected chi connectivity index (χ4v) is 3.70. The monoisotopic (exact) mass is 382 g/mol. The van der Waals surface area contributed by atoms with Crippen molar-refractivity contribution in [2.75, 3.05) is 19.6 Å². The van der Waals surface area contributed by atoms with Crippen LogP contribution in [0.3, 0.4) is 0 Å². The molecule has 0 aromatic heterocycles. The Bertz CT molecular complexity index is 587. The molecule has 0 saturated carbocycles. The summed E-state index contributed by atoms with van der Waals surface area (Å²) in [6.07, 6.45) is 4.05. The Morgan fingerprint density at radius 1 is 1.41 bits per heavy atom. The van der Waals surface area contributed by atoms with Gasteiger partial charge in [0.2, 0.25) is 0 Å². The number of halogens is 1. The number of fused-ring (bicyclic) bond motifs is 3. The molecule has 0 amide bonds. The van der Waals surface area contributed by atoms with E-state index in [4.69, 9.17) is 12.2 Å². The van der Waals surface area contributed by atoms with Crippen LogP contribution in [-0.2, 0) is 0 Å². The molecule has 1 atom stereocenters. The normalized spacial score (nSPS) is 27.0. The minimum absolute atomic E-state index is 0.185. The van der Waals surface area contributed by atoms with Gasteiger partial charge >= 0.3 is 0 Å². The third-order valence-electron chi connectivity index (χ3n) is 4.33. The minimum Gasteiger partial charge on any atom is -0.507 e. The molecule has 118 valence electrons. The molecule has 4 rings (SSSR count). The first kappa shape index (κ1) is 15.7. The van der Waals surface area contributed by atoms with Gasteiger partial charge in [-0.2, -0.15) is 5.10 Å². The van der Waals surface area contributed by atoms with Crippen molar-refractivity contribution in [2.45, 2.75) is 18.9 Å². The molecule has 3 fully saturated rings. The van der Waals surface area contributed by atoms with Gasteiger partial charge in [0.1, 0.15) is 5.75 Å². The van der Waals surface area contributed by atoms with E-state index in [1.165, 1.54) is 25.9 Å². The highest BCUT2D eigenvalue weighted by Gasteiger charge is 2.34. The zero-order valence-corrected chi connectivity index (χ0v) is 14.5. The van der Waals surface area contributed by atoms with Crippen molar-refractivity contribution in [3.8, 4) is 5.75 Å². The van der Waals surface area contributed by atoms with Crippen molar-refractivity contribution >= 4 is 39.5 Å². The number of nitrogens with zero attached hydrogens (tertiary/aromatic N) is 2. The number of hydrogen-bond acceptors (Lipinski definition) is 4. The van der Waals surface area contributed by atoms with E-state index in [1.807, 2.05) is 0 Å². The molecule has 1 unspecified atom stereocenters. The van der Waals surface area contributed by atoms with Gasteiger partial charge in [-0.25, -0.2) is 0 Å². The molecule has 1 aromatic carbocycles. The van der Waals surface area contributed by atoms with E-state index >= 15 is 0 Å². The van der Waals surface area contributed by atoms with Gasteiger partial charge in [0.25, 0.3) is 0 Å². The van der Waals surface area contributed by atoms with Crippen LogP contribution in [0, 0.1) is 5.92 Å². The van der Waals surface area contributed by atoms with Crippen LogP contribution in [0.4, 0.5) is 0 Å². The van der Waals surface area contributed by atoms with E-state index in [1.54, 1.807) is 24.4 Å². The lowest BCUT2D eigenvalue weighted by Crippen LogP contribution is -2.58. The zero-order chi connectivity index (χ0) is 15.5. The molecule has 22 heavy (non-hydrogen) atoms. The summed E-state index contributed by atoms with van der Waals surface area (Å²) in [4.78, 5) is 2.48. The van der Waals surface area contributed by atoms with Gasteiger partial charge in [0.15, 0.2) is 5.11 Å². The summed E-state index contributed by atoms with van der Waals surface area (Å²) in [6, 6.07) is 5.61. The number of nitrogens with one attached hydrogen (secondary N) is 2. The summed E-state index contributed by atoms with van der Waals surface area (Å²) < 4.78 is 0.889. The summed E-state index contributed by atoms with van der Waals surface area (Å²) in [5.41, 5.74) is 3.46. The highest BCUT2D eigenvalue weighted by Crippen LogP contribution is 2.27. The van der Waals surface area contributed by atoms with Gasteiger partial charge in [-0.05, 0) is 62.3 Å². The van der Waals surface area contributed by atoms with Crippen molar-refractivity contribution in [1.29, 1.82) is 0 Å². The summed E-state index contributed by atoms with van der Waals surface area (Å²) in [7, 11) is 0. The van der Waals surface area contributed by atoms with Gasteiger partial charge in [0.05, 0.1) is 6.21 Å². The van der Waals surface area contributed by atoms with Gasteiger partial charge in [-0.15, -0.1) is 0 Å². The van der Waals surface area contributed by atoms with Crippen LogP contribution >= 0.6 is 28.1 Å². The predicted octanol–water partition coefficient (Wildman–Crippen LogP) is 2.05. The number of phenols is 1. The van der Waals surface area contributed by atoms with E-state index in [0.29, 0.717) is 22.6 Å². The topological polar surface area (TPSA) is 59.9 Å². The van der Waals surface area contributed by atoms with Crippen LogP contribution in [0.2, 0.25) is 0 Å². The molecule has 3 N–H and O–H groups in total. The van der Waals surface area contributed by atoms with Crippen LogP contribution in [0.15, 0.2) is 27.8 Å². The summed E-state index contributed by atoms with van der Waals surface area (Å²) in [5, 5.41) is 17.7. The Morgan fingerprint density at radius 3 is 2.86 bits per heavy atom. The van der Waals surface area contributed by atoms with Crippen molar-refractivity contribution < 1.29 is 5.11 Å². The molecular formula is C15H19BrN4OS. The number of piperidine rings is 3. The second kappa shape index (κ2) is 6.93. The molecule has 2 bridgehead atoms. The number of hydrazone groups is 1. The third-order valence-corrected chi connectivity index (χ3v) is 5.03. The fraction of sp³-hybridized carbons (Fsp3) is 0.467. The van der Waals surface area contributed by atoms with E-state index < -0.39 is 0 Å². The predicted molar refractivity (Wildman–Crippen MR) is 95.2 cm³/mol. The van der Waals surface area contributed by atoms with Crippen LogP contribution in [0.1, 0.15) is 18.4 Å². The van der Waals surface area contributed by atoms with Crippen LogP contribution in [0.5, 0.6) is 5.75 Å². The smallest absolute Gasteiger partial charge is 0.187 e. The number of phenolic OH excluding ortho intramolecular Hbond substituents is 1. The second-order valence-corrected chi connectivity index (χ2v) is 7.12. The van der Waals surface area contributed by atoms with E-state index in [2.05, 4.69) is 36.7 Å². The lowest BCUT2D eigenvalue weighted by Gasteiger charge is -2.45. The Labute approximate surface area is 143 Å². The summed E-state index contributed by atoms with van der Waals surface area (Å²) >= 11 is 8.66. The minimum atomic E-state index is 0.185. The summed E-state index contributed by atoms with van der Waals surface area (Å²) in [6.45, 7) is 3.48. The Kier molecular flexibility index (Phi) is 4.95. The number of benzene rings is 1. The molecule has 3 aliphatic heterocycles. The van der Waals surface area contributed by atoms with Crippen molar-refractivity contribution in [3.63, 3.8) is 0 Å². The molecule has 5 nitrogen and oxygen atoms in total. The van der Waals surface area contributed by atoms with E-state index in [0.717, 1.165) is 11.0 Å². The van der Waals surface area contributed by atoms with E-state index in [9.17, 15) is 5.11 Å². The zero-order valence-electron chi connectivity index (χ0n) is 12.1. The average Bonchev–Trinajstić information content (AvgIpc) is 2.52. The lowest BCUT2D eigenvalue weighted by atomic mass is 9.84. The molecule has 3 heterocycles. The van der Waals surface area contributed by atoms with Gasteiger partial charge < -0.3 is 15.3 Å². The van der Waals surface area contributed by atoms with Gasteiger partial charge in [-0.3, -0.25) is 5.43 Å². The first-order chi connectivity index (χ1) is 10.6. The number of thiocarbonyl (C=S) groups is 1.